The van der Waals surface area contributed by atoms with Gasteiger partial charge in [-0.2, -0.15) is 0 Å². The maximum Gasteiger partial charge on any atom is 0.331 e. The van der Waals surface area contributed by atoms with Crippen LogP contribution in [-0.4, -0.2) is 44.3 Å². The molecule has 1 saturated heterocycles. The third-order valence-corrected chi connectivity index (χ3v) is 22.6. The van der Waals surface area contributed by atoms with Crippen LogP contribution in [0.3, 0.4) is 0 Å². The normalized spacial score (nSPS) is 26.3. The highest BCUT2D eigenvalue weighted by atomic mass is 29.3. The predicted octanol–water partition coefficient (Wildman–Crippen LogP) is 4.31. The number of hydrogen-bond donors (Lipinski definition) is 0. The number of rotatable bonds is 5. The summed E-state index contributed by atoms with van der Waals surface area (Å²) < 4.78 is 17.5. The molecule has 2 unspecified atom stereocenters. The zero-order chi connectivity index (χ0) is 20.4. The molecule has 1 aliphatic rings. The first-order chi connectivity index (χ1) is 11.6. The molecular formula is C19H36O5Si2. The fourth-order valence-electron chi connectivity index (χ4n) is 3.58. The van der Waals surface area contributed by atoms with Gasteiger partial charge in [-0.3, -0.25) is 0 Å². The SMILES string of the molecule is CCC(OC(=O)C=CC(=O)OC(C)(C)C)[Si]1(C)CCC(C)(C)O[Si]1(C)C. The van der Waals surface area contributed by atoms with Crippen LogP contribution in [0.15, 0.2) is 12.2 Å². The van der Waals surface area contributed by atoms with Crippen molar-refractivity contribution in [3.63, 3.8) is 0 Å². The van der Waals surface area contributed by atoms with Crippen molar-refractivity contribution < 1.29 is 23.5 Å². The second-order valence-corrected chi connectivity index (χ2v) is 23.7. The van der Waals surface area contributed by atoms with Crippen molar-refractivity contribution in [2.75, 3.05) is 0 Å². The molecule has 0 aromatic carbocycles. The van der Waals surface area contributed by atoms with Crippen LogP contribution in [0.2, 0.25) is 25.7 Å². The summed E-state index contributed by atoms with van der Waals surface area (Å²) in [6.45, 7) is 18.5. The minimum atomic E-state index is -1.96. The van der Waals surface area contributed by atoms with E-state index in [0.717, 1.165) is 25.0 Å². The third-order valence-electron chi connectivity index (χ3n) is 5.26. The molecule has 0 amide bonds. The van der Waals surface area contributed by atoms with Crippen molar-refractivity contribution in [2.45, 2.75) is 97.0 Å². The number of carbonyl (C=O) groups is 2. The molecule has 26 heavy (non-hydrogen) atoms. The Balaban J connectivity index is 2.83. The zero-order valence-corrected chi connectivity index (χ0v) is 19.9. The van der Waals surface area contributed by atoms with E-state index < -0.39 is 33.0 Å². The van der Waals surface area contributed by atoms with Crippen LogP contribution < -0.4 is 0 Å². The van der Waals surface area contributed by atoms with Gasteiger partial charge in [0.2, 0.25) is 0 Å². The molecule has 1 fully saturated rings. The molecule has 0 N–H and O–H groups in total. The first-order valence-corrected chi connectivity index (χ1v) is 16.1. The van der Waals surface area contributed by atoms with E-state index in [2.05, 4.69) is 40.4 Å². The number of esters is 2. The molecule has 0 aromatic heterocycles. The topological polar surface area (TPSA) is 61.8 Å². The maximum absolute atomic E-state index is 12.3. The van der Waals surface area contributed by atoms with Gasteiger partial charge in [0, 0.05) is 12.2 Å². The van der Waals surface area contributed by atoms with E-state index in [0.29, 0.717) is 0 Å². The Bertz CT molecular complexity index is 563. The Morgan fingerprint density at radius 1 is 1.15 bits per heavy atom. The largest absolute Gasteiger partial charge is 0.463 e. The van der Waals surface area contributed by atoms with Gasteiger partial charge >= 0.3 is 11.9 Å². The van der Waals surface area contributed by atoms with Crippen LogP contribution in [-0.2, 0) is 23.5 Å². The van der Waals surface area contributed by atoms with E-state index >= 15 is 0 Å². The summed E-state index contributed by atoms with van der Waals surface area (Å²) >= 11 is 0. The summed E-state index contributed by atoms with van der Waals surface area (Å²) in [5, 5.41) is 0. The van der Waals surface area contributed by atoms with E-state index in [1.165, 1.54) is 6.08 Å². The van der Waals surface area contributed by atoms with Gasteiger partial charge in [-0.15, -0.1) is 0 Å². The van der Waals surface area contributed by atoms with Gasteiger partial charge in [0.25, 0.3) is 0 Å². The van der Waals surface area contributed by atoms with Gasteiger partial charge in [0.1, 0.15) is 13.2 Å². The van der Waals surface area contributed by atoms with Crippen molar-refractivity contribution >= 4 is 27.4 Å². The minimum absolute atomic E-state index is 0.0961. The van der Waals surface area contributed by atoms with Crippen molar-refractivity contribution in [3.8, 4) is 0 Å². The molecule has 0 aromatic rings. The van der Waals surface area contributed by atoms with Crippen molar-refractivity contribution in [1.29, 1.82) is 0 Å². The molecule has 0 bridgehead atoms. The summed E-state index contributed by atoms with van der Waals surface area (Å²) in [4.78, 5) is 24.0. The average Bonchev–Trinajstić information content (AvgIpc) is 2.44. The quantitative estimate of drug-likeness (QED) is 0.391. The fourth-order valence-corrected chi connectivity index (χ4v) is 16.2. The van der Waals surface area contributed by atoms with Crippen LogP contribution in [0.5, 0.6) is 0 Å². The Hall–Kier alpha value is -0.926. The molecule has 0 spiro atoms. The van der Waals surface area contributed by atoms with Crippen LogP contribution in [0.1, 0.15) is 54.4 Å². The Morgan fingerprint density at radius 3 is 2.15 bits per heavy atom. The van der Waals surface area contributed by atoms with Crippen LogP contribution in [0, 0.1) is 0 Å². The molecule has 5 nitrogen and oxygen atoms in total. The van der Waals surface area contributed by atoms with Crippen LogP contribution in [0.25, 0.3) is 0 Å². The molecule has 7 heteroatoms. The first-order valence-electron chi connectivity index (χ1n) is 9.44. The molecule has 0 aliphatic carbocycles. The van der Waals surface area contributed by atoms with Crippen molar-refractivity contribution in [2.24, 2.45) is 0 Å². The highest BCUT2D eigenvalue weighted by Gasteiger charge is 2.58. The maximum atomic E-state index is 12.3. The highest BCUT2D eigenvalue weighted by molar-refractivity contribution is 7.39. The number of ether oxygens (including phenoxy) is 2. The van der Waals surface area contributed by atoms with Crippen LogP contribution in [0.4, 0.5) is 0 Å². The zero-order valence-electron chi connectivity index (χ0n) is 17.9. The monoisotopic (exact) mass is 400 g/mol. The first kappa shape index (κ1) is 23.1. The van der Waals surface area contributed by atoms with Crippen LogP contribution >= 0.6 is 0 Å². The second-order valence-electron chi connectivity index (χ2n) is 9.49. The number of carbonyl (C=O) groups excluding carboxylic acids is 2. The predicted molar refractivity (Wildman–Crippen MR) is 109 cm³/mol. The molecule has 1 heterocycles. The Labute approximate surface area is 160 Å². The fraction of sp³-hybridized carbons (Fsp3) is 0.789. The summed E-state index contributed by atoms with van der Waals surface area (Å²) in [6.07, 6.45) is 4.09. The lowest BCUT2D eigenvalue weighted by atomic mass is 10.1. The lowest BCUT2D eigenvalue weighted by Gasteiger charge is -2.53. The lowest BCUT2D eigenvalue weighted by molar-refractivity contribution is -0.149. The van der Waals surface area contributed by atoms with Crippen molar-refractivity contribution in [1.82, 2.24) is 0 Å². The minimum Gasteiger partial charge on any atom is -0.463 e. The van der Waals surface area contributed by atoms with E-state index in [4.69, 9.17) is 13.9 Å². The van der Waals surface area contributed by atoms with Gasteiger partial charge in [-0.05, 0) is 60.6 Å². The van der Waals surface area contributed by atoms with Gasteiger partial charge in [0.15, 0.2) is 7.83 Å². The molecule has 1 aliphatic heterocycles. The van der Waals surface area contributed by atoms with E-state index in [1.807, 2.05) is 0 Å². The van der Waals surface area contributed by atoms with Crippen molar-refractivity contribution in [3.05, 3.63) is 12.2 Å². The molecule has 2 atom stereocenters. The highest BCUT2D eigenvalue weighted by Crippen LogP contribution is 2.41. The smallest absolute Gasteiger partial charge is 0.331 e. The molecule has 0 saturated carbocycles. The average molecular weight is 401 g/mol. The second kappa shape index (κ2) is 7.98. The van der Waals surface area contributed by atoms with E-state index in [1.54, 1.807) is 20.8 Å². The van der Waals surface area contributed by atoms with Gasteiger partial charge in [-0.25, -0.2) is 9.59 Å². The summed E-state index contributed by atoms with van der Waals surface area (Å²) in [5.74, 6) is -1.02. The molecule has 150 valence electrons. The van der Waals surface area contributed by atoms with E-state index in [9.17, 15) is 9.59 Å². The molecule has 0 radical (unpaired) electrons. The third kappa shape index (κ3) is 6.06. The number of hydrogen-bond acceptors (Lipinski definition) is 5. The molecule has 1 rings (SSSR count). The Kier molecular flexibility index (Phi) is 7.10. The van der Waals surface area contributed by atoms with Gasteiger partial charge in [0.05, 0.1) is 11.3 Å². The van der Waals surface area contributed by atoms with Gasteiger partial charge < -0.3 is 13.9 Å². The standard InChI is InChI=1S/C19H36O5Si2/c1-10-17(22-15(20)11-12-16(21)23-18(2,3)4)26(9)14-13-19(5,6)24-25(26,7)8/h11-12,17H,10,13-14H2,1-9H3. The summed E-state index contributed by atoms with van der Waals surface area (Å²) in [5.41, 5.74) is -0.781. The Morgan fingerprint density at radius 2 is 1.69 bits per heavy atom. The summed E-state index contributed by atoms with van der Waals surface area (Å²) in [7, 11) is -3.88. The van der Waals surface area contributed by atoms with E-state index in [-0.39, 0.29) is 11.3 Å². The lowest BCUT2D eigenvalue weighted by Crippen LogP contribution is -2.71. The molecular weight excluding hydrogens is 364 g/mol. The summed E-state index contributed by atoms with van der Waals surface area (Å²) in [6, 6.07) is 1.10. The van der Waals surface area contributed by atoms with Gasteiger partial charge in [-0.1, -0.05) is 19.5 Å².